The van der Waals surface area contributed by atoms with Crippen molar-refractivity contribution in [2.75, 3.05) is 6.54 Å². The normalized spacial score (nSPS) is 17.9. The number of hydrogen-bond acceptors (Lipinski definition) is 3. The third-order valence-electron chi connectivity index (χ3n) is 4.45. The van der Waals surface area contributed by atoms with Crippen LogP contribution in [0.1, 0.15) is 25.0 Å². The van der Waals surface area contributed by atoms with Gasteiger partial charge >= 0.3 is 0 Å². The smallest absolute Gasteiger partial charge is 0.137 e. The first kappa shape index (κ1) is 14.7. The SMILES string of the molecule is Clc1ccc2ncc(-c3cccc(CC[C@@H]4CCCN4)n3)n2c1. The highest BCUT2D eigenvalue weighted by Crippen LogP contribution is 2.22. The Balaban J connectivity index is 1.60. The maximum atomic E-state index is 6.11. The van der Waals surface area contributed by atoms with Crippen LogP contribution >= 0.6 is 11.6 Å². The number of nitrogens with one attached hydrogen (secondary N) is 1. The van der Waals surface area contributed by atoms with Gasteiger partial charge in [0.15, 0.2) is 0 Å². The molecule has 0 aromatic carbocycles. The first-order valence-corrected chi connectivity index (χ1v) is 8.50. The Morgan fingerprint density at radius 1 is 1.26 bits per heavy atom. The third-order valence-corrected chi connectivity index (χ3v) is 4.67. The van der Waals surface area contributed by atoms with Crippen LogP contribution in [0, 0.1) is 0 Å². The second kappa shape index (κ2) is 6.30. The Morgan fingerprint density at radius 3 is 3.09 bits per heavy atom. The molecule has 0 amide bonds. The molecule has 118 valence electrons. The molecule has 3 aromatic rings. The summed E-state index contributed by atoms with van der Waals surface area (Å²) in [6, 6.07) is 10.6. The molecule has 0 saturated carbocycles. The van der Waals surface area contributed by atoms with Gasteiger partial charge in [-0.25, -0.2) is 4.98 Å². The van der Waals surface area contributed by atoms with Crippen molar-refractivity contribution in [2.45, 2.75) is 31.7 Å². The molecular weight excluding hydrogens is 308 g/mol. The second-order valence-corrected chi connectivity index (χ2v) is 6.50. The highest BCUT2D eigenvalue weighted by Gasteiger charge is 2.14. The van der Waals surface area contributed by atoms with Gasteiger partial charge in [-0.15, -0.1) is 0 Å². The van der Waals surface area contributed by atoms with Gasteiger partial charge in [0.1, 0.15) is 5.65 Å². The molecule has 0 aliphatic carbocycles. The quantitative estimate of drug-likeness (QED) is 0.794. The fourth-order valence-corrected chi connectivity index (χ4v) is 3.39. The fraction of sp³-hybridized carbons (Fsp3) is 0.333. The maximum Gasteiger partial charge on any atom is 0.137 e. The predicted molar refractivity (Wildman–Crippen MR) is 92.8 cm³/mol. The molecule has 0 spiro atoms. The summed E-state index contributed by atoms with van der Waals surface area (Å²) in [7, 11) is 0. The Morgan fingerprint density at radius 2 is 2.22 bits per heavy atom. The summed E-state index contributed by atoms with van der Waals surface area (Å²) in [5.74, 6) is 0. The lowest BCUT2D eigenvalue weighted by molar-refractivity contribution is 0.555. The van der Waals surface area contributed by atoms with Crippen molar-refractivity contribution in [2.24, 2.45) is 0 Å². The van der Waals surface area contributed by atoms with E-state index in [4.69, 9.17) is 16.6 Å². The minimum atomic E-state index is 0.648. The summed E-state index contributed by atoms with van der Waals surface area (Å²) in [6.07, 6.45) is 8.47. The second-order valence-electron chi connectivity index (χ2n) is 6.07. The van der Waals surface area contributed by atoms with E-state index in [-0.39, 0.29) is 0 Å². The maximum absolute atomic E-state index is 6.11. The van der Waals surface area contributed by atoms with Gasteiger partial charge in [0.05, 0.1) is 22.6 Å². The van der Waals surface area contributed by atoms with Gasteiger partial charge in [-0.2, -0.15) is 0 Å². The van der Waals surface area contributed by atoms with E-state index in [1.807, 2.05) is 35.0 Å². The number of aromatic nitrogens is 3. The number of imidazole rings is 1. The van der Waals surface area contributed by atoms with Gasteiger partial charge in [-0.3, -0.25) is 9.38 Å². The van der Waals surface area contributed by atoms with Crippen LogP contribution in [0.3, 0.4) is 0 Å². The average molecular weight is 327 g/mol. The molecule has 5 heteroatoms. The molecule has 4 rings (SSSR count). The number of halogens is 1. The Labute approximate surface area is 140 Å². The molecule has 1 fully saturated rings. The summed E-state index contributed by atoms with van der Waals surface area (Å²) in [5.41, 5.74) is 3.93. The van der Waals surface area contributed by atoms with E-state index in [1.54, 1.807) is 0 Å². The number of pyridine rings is 2. The third kappa shape index (κ3) is 3.09. The van der Waals surface area contributed by atoms with Gasteiger partial charge < -0.3 is 5.32 Å². The Kier molecular flexibility index (Phi) is 4.02. The highest BCUT2D eigenvalue weighted by atomic mass is 35.5. The highest BCUT2D eigenvalue weighted by molar-refractivity contribution is 6.30. The number of rotatable bonds is 4. The monoisotopic (exact) mass is 326 g/mol. The van der Waals surface area contributed by atoms with E-state index >= 15 is 0 Å². The molecular formula is C18H19ClN4. The van der Waals surface area contributed by atoms with E-state index < -0.39 is 0 Å². The van der Waals surface area contributed by atoms with Crippen molar-refractivity contribution in [3.05, 3.63) is 53.4 Å². The van der Waals surface area contributed by atoms with E-state index in [0.29, 0.717) is 11.1 Å². The molecule has 23 heavy (non-hydrogen) atoms. The number of fused-ring (bicyclic) bond motifs is 1. The molecule has 0 radical (unpaired) electrons. The predicted octanol–water partition coefficient (Wildman–Crippen LogP) is 3.73. The van der Waals surface area contributed by atoms with Crippen molar-refractivity contribution >= 4 is 17.2 Å². The van der Waals surface area contributed by atoms with Crippen LogP contribution in [0.25, 0.3) is 17.0 Å². The van der Waals surface area contributed by atoms with E-state index in [9.17, 15) is 0 Å². The van der Waals surface area contributed by atoms with Crippen molar-refractivity contribution in [3.63, 3.8) is 0 Å². The standard InChI is InChI=1S/C18H19ClN4/c19-13-6-9-18-21-11-17(23(18)12-13)16-5-1-3-15(22-16)8-7-14-4-2-10-20-14/h1,3,5-6,9,11-12,14,20H,2,4,7-8,10H2/t14-/m0/s1. The van der Waals surface area contributed by atoms with E-state index in [1.165, 1.54) is 12.8 Å². The van der Waals surface area contributed by atoms with Crippen molar-refractivity contribution in [1.82, 2.24) is 19.7 Å². The minimum Gasteiger partial charge on any atom is -0.314 e. The van der Waals surface area contributed by atoms with Gasteiger partial charge in [-0.1, -0.05) is 17.7 Å². The fourth-order valence-electron chi connectivity index (χ4n) is 3.23. The lowest BCUT2D eigenvalue weighted by Crippen LogP contribution is -2.21. The molecule has 0 bridgehead atoms. The first-order chi connectivity index (χ1) is 11.3. The molecule has 0 unspecified atom stereocenters. The van der Waals surface area contributed by atoms with E-state index in [0.717, 1.165) is 42.1 Å². The first-order valence-electron chi connectivity index (χ1n) is 8.12. The Bertz CT molecular complexity index is 821. The van der Waals surface area contributed by atoms with E-state index in [2.05, 4.69) is 22.4 Å². The largest absolute Gasteiger partial charge is 0.314 e. The molecule has 1 N–H and O–H groups in total. The summed E-state index contributed by atoms with van der Waals surface area (Å²) in [5, 5.41) is 4.24. The molecule has 3 aromatic heterocycles. The van der Waals surface area contributed by atoms with Gasteiger partial charge in [0.25, 0.3) is 0 Å². The van der Waals surface area contributed by atoms with Gasteiger partial charge in [0.2, 0.25) is 0 Å². The van der Waals surface area contributed by atoms with Crippen LogP contribution in [0.2, 0.25) is 5.02 Å². The number of nitrogens with zero attached hydrogens (tertiary/aromatic N) is 3. The zero-order valence-electron chi connectivity index (χ0n) is 12.9. The summed E-state index contributed by atoms with van der Waals surface area (Å²) in [6.45, 7) is 1.15. The van der Waals surface area contributed by atoms with Crippen molar-refractivity contribution in [3.8, 4) is 11.4 Å². The van der Waals surface area contributed by atoms with Gasteiger partial charge in [0, 0.05) is 17.9 Å². The summed E-state index contributed by atoms with van der Waals surface area (Å²) < 4.78 is 1.99. The van der Waals surface area contributed by atoms with Crippen LogP contribution in [-0.2, 0) is 6.42 Å². The topological polar surface area (TPSA) is 42.2 Å². The molecule has 4 nitrogen and oxygen atoms in total. The zero-order chi connectivity index (χ0) is 15.6. The van der Waals surface area contributed by atoms with Crippen LogP contribution < -0.4 is 5.32 Å². The lowest BCUT2D eigenvalue weighted by atomic mass is 10.1. The molecule has 1 saturated heterocycles. The van der Waals surface area contributed by atoms with Crippen LogP contribution in [0.4, 0.5) is 0 Å². The summed E-state index contributed by atoms with van der Waals surface area (Å²) in [4.78, 5) is 9.25. The Hall–Kier alpha value is -1.91. The number of aryl methyl sites for hydroxylation is 1. The molecule has 1 atom stereocenters. The average Bonchev–Trinajstić information content (AvgIpc) is 3.22. The van der Waals surface area contributed by atoms with Crippen LogP contribution in [0.15, 0.2) is 42.7 Å². The number of hydrogen-bond donors (Lipinski definition) is 1. The van der Waals surface area contributed by atoms with Crippen LogP contribution in [-0.4, -0.2) is 27.0 Å². The van der Waals surface area contributed by atoms with Crippen LogP contribution in [0.5, 0.6) is 0 Å². The van der Waals surface area contributed by atoms with Crippen molar-refractivity contribution in [1.29, 1.82) is 0 Å². The lowest BCUT2D eigenvalue weighted by Gasteiger charge is -2.10. The molecule has 1 aliphatic heterocycles. The minimum absolute atomic E-state index is 0.648. The van der Waals surface area contributed by atoms with Crippen molar-refractivity contribution < 1.29 is 0 Å². The molecule has 1 aliphatic rings. The summed E-state index contributed by atoms with van der Waals surface area (Å²) >= 11 is 6.11. The van der Waals surface area contributed by atoms with Gasteiger partial charge in [-0.05, 0) is 56.5 Å². The zero-order valence-corrected chi connectivity index (χ0v) is 13.6. The molecule has 4 heterocycles.